The molecule has 7 heteroatoms. The largest absolute Gasteiger partial charge is 0.508 e. The highest BCUT2D eigenvalue weighted by Gasteiger charge is 2.09. The topological polar surface area (TPSA) is 122 Å². The highest BCUT2D eigenvalue weighted by Crippen LogP contribution is 2.36. The maximum absolute atomic E-state index is 11.7. The molecule has 0 spiro atoms. The van der Waals surface area contributed by atoms with Crippen LogP contribution in [0.15, 0.2) is 41.5 Å². The molecule has 2 rings (SSSR count). The van der Waals surface area contributed by atoms with E-state index in [-0.39, 0.29) is 23.6 Å². The van der Waals surface area contributed by atoms with Crippen LogP contribution in [0.25, 0.3) is 0 Å². The minimum atomic E-state index is -0.646. The molecule has 0 saturated heterocycles. The zero-order valence-electron chi connectivity index (χ0n) is 12.1. The van der Waals surface area contributed by atoms with Gasteiger partial charge in [0.25, 0.3) is 0 Å². The molecule has 1 amide bonds. The van der Waals surface area contributed by atoms with E-state index in [9.17, 15) is 20.1 Å². The zero-order chi connectivity index (χ0) is 16.8. The number of hydrazone groups is 1. The van der Waals surface area contributed by atoms with Gasteiger partial charge in [-0.05, 0) is 36.2 Å². The molecule has 0 aromatic heterocycles. The van der Waals surface area contributed by atoms with E-state index >= 15 is 0 Å². The number of amides is 1. The van der Waals surface area contributed by atoms with Crippen LogP contribution in [0.1, 0.15) is 17.5 Å². The second-order valence-corrected chi connectivity index (χ2v) is 4.83. The molecule has 120 valence electrons. The Morgan fingerprint density at radius 1 is 1.00 bits per heavy atom. The minimum Gasteiger partial charge on any atom is -0.508 e. The van der Waals surface area contributed by atoms with E-state index in [2.05, 4.69) is 10.5 Å². The Kier molecular flexibility index (Phi) is 5.03. The second-order valence-electron chi connectivity index (χ2n) is 4.83. The maximum atomic E-state index is 11.7. The van der Waals surface area contributed by atoms with Crippen molar-refractivity contribution in [1.82, 2.24) is 5.43 Å². The van der Waals surface area contributed by atoms with Crippen molar-refractivity contribution < 1.29 is 25.2 Å². The fourth-order valence-electron chi connectivity index (χ4n) is 1.84. The summed E-state index contributed by atoms with van der Waals surface area (Å²) < 4.78 is 0. The van der Waals surface area contributed by atoms with Crippen molar-refractivity contribution in [2.24, 2.45) is 5.10 Å². The molecular formula is C16H16N2O5. The molecule has 0 saturated carbocycles. The molecule has 0 aliphatic heterocycles. The van der Waals surface area contributed by atoms with E-state index in [4.69, 9.17) is 5.11 Å². The number of nitrogens with zero attached hydrogens (tertiary/aromatic N) is 1. The van der Waals surface area contributed by atoms with Gasteiger partial charge in [0.2, 0.25) is 11.7 Å². The number of phenolic OH excluding ortho intramolecular Hbond substituents is 4. The van der Waals surface area contributed by atoms with Gasteiger partial charge in [-0.15, -0.1) is 0 Å². The first-order chi connectivity index (χ1) is 11.0. The first-order valence-corrected chi connectivity index (χ1v) is 6.81. The fraction of sp³-hybridized carbons (Fsp3) is 0.125. The van der Waals surface area contributed by atoms with E-state index in [1.54, 1.807) is 24.3 Å². The predicted molar refractivity (Wildman–Crippen MR) is 83.6 cm³/mol. The molecule has 0 radical (unpaired) electrons. The normalized spacial score (nSPS) is 10.8. The van der Waals surface area contributed by atoms with E-state index in [1.807, 2.05) is 0 Å². The summed E-state index contributed by atoms with van der Waals surface area (Å²) in [6, 6.07) is 9.09. The summed E-state index contributed by atoms with van der Waals surface area (Å²) in [6.07, 6.45) is 1.86. The van der Waals surface area contributed by atoms with Crippen LogP contribution in [-0.4, -0.2) is 32.5 Å². The summed E-state index contributed by atoms with van der Waals surface area (Å²) >= 11 is 0. The van der Waals surface area contributed by atoms with Gasteiger partial charge < -0.3 is 20.4 Å². The van der Waals surface area contributed by atoms with Gasteiger partial charge in [0.15, 0.2) is 11.5 Å². The molecule has 0 fully saturated rings. The third-order valence-electron chi connectivity index (χ3n) is 3.13. The molecule has 5 N–H and O–H groups in total. The van der Waals surface area contributed by atoms with Crippen molar-refractivity contribution in [1.29, 1.82) is 0 Å². The molecule has 0 aliphatic rings. The van der Waals surface area contributed by atoms with Crippen LogP contribution in [0.5, 0.6) is 23.0 Å². The Labute approximate surface area is 132 Å². The average molecular weight is 316 g/mol. The fourth-order valence-corrected chi connectivity index (χ4v) is 1.84. The molecule has 23 heavy (non-hydrogen) atoms. The molecule has 0 heterocycles. The number of benzene rings is 2. The summed E-state index contributed by atoms with van der Waals surface area (Å²) in [5.41, 5.74) is 3.36. The molecule has 0 unspecified atom stereocenters. The first-order valence-electron chi connectivity index (χ1n) is 6.81. The lowest BCUT2D eigenvalue weighted by atomic mass is 10.1. The highest BCUT2D eigenvalue weighted by atomic mass is 16.3. The third-order valence-corrected chi connectivity index (χ3v) is 3.13. The lowest BCUT2D eigenvalue weighted by Crippen LogP contribution is -2.17. The van der Waals surface area contributed by atoms with Gasteiger partial charge >= 0.3 is 0 Å². The standard InChI is InChI=1S/C16H16N2O5/c19-12-5-1-10(2-6-12)3-8-14(21)18-17-9-11-4-7-13(20)16(23)15(11)22/h1-2,4-7,9,19-20,22-23H,3,8H2,(H,18,21)/b17-9+. The van der Waals surface area contributed by atoms with Crippen LogP contribution < -0.4 is 5.43 Å². The van der Waals surface area contributed by atoms with Crippen LogP contribution in [-0.2, 0) is 11.2 Å². The average Bonchev–Trinajstić information content (AvgIpc) is 2.54. The van der Waals surface area contributed by atoms with E-state index in [1.165, 1.54) is 12.1 Å². The SMILES string of the molecule is O=C(CCc1ccc(O)cc1)N/N=C/c1ccc(O)c(O)c1O. The summed E-state index contributed by atoms with van der Waals surface area (Å²) in [5.74, 6) is -1.77. The molecule has 0 aliphatic carbocycles. The number of carbonyl (C=O) groups is 1. The first kappa shape index (κ1) is 16.2. The van der Waals surface area contributed by atoms with E-state index in [0.717, 1.165) is 11.8 Å². The lowest BCUT2D eigenvalue weighted by molar-refractivity contribution is -0.121. The van der Waals surface area contributed by atoms with E-state index in [0.29, 0.717) is 6.42 Å². The molecule has 2 aromatic rings. The van der Waals surface area contributed by atoms with Crippen LogP contribution in [0, 0.1) is 0 Å². The van der Waals surface area contributed by atoms with Gasteiger partial charge in [0, 0.05) is 12.0 Å². The zero-order valence-corrected chi connectivity index (χ0v) is 12.1. The van der Waals surface area contributed by atoms with Gasteiger partial charge in [0.05, 0.1) is 6.21 Å². The number of carbonyl (C=O) groups excluding carboxylic acids is 1. The number of hydrogen-bond donors (Lipinski definition) is 5. The summed E-state index contributed by atoms with van der Waals surface area (Å²) in [4.78, 5) is 11.7. The molecular weight excluding hydrogens is 300 g/mol. The second kappa shape index (κ2) is 7.17. The molecule has 2 aromatic carbocycles. The summed E-state index contributed by atoms with van der Waals surface area (Å²) in [7, 11) is 0. The highest BCUT2D eigenvalue weighted by molar-refractivity contribution is 5.87. The van der Waals surface area contributed by atoms with Crippen molar-refractivity contribution in [3.63, 3.8) is 0 Å². The molecule has 7 nitrogen and oxygen atoms in total. The Balaban J connectivity index is 1.86. The van der Waals surface area contributed by atoms with Crippen molar-refractivity contribution in [2.75, 3.05) is 0 Å². The molecule has 0 atom stereocenters. The van der Waals surface area contributed by atoms with Crippen LogP contribution in [0.2, 0.25) is 0 Å². The van der Waals surface area contributed by atoms with Gasteiger partial charge in [0.1, 0.15) is 5.75 Å². The summed E-state index contributed by atoms with van der Waals surface area (Å²) in [5, 5.41) is 41.0. The van der Waals surface area contributed by atoms with Gasteiger partial charge in [-0.2, -0.15) is 5.10 Å². The number of aromatic hydroxyl groups is 4. The van der Waals surface area contributed by atoms with Crippen LogP contribution in [0.3, 0.4) is 0 Å². The minimum absolute atomic E-state index is 0.152. The monoisotopic (exact) mass is 316 g/mol. The van der Waals surface area contributed by atoms with Crippen molar-refractivity contribution in [2.45, 2.75) is 12.8 Å². The Morgan fingerprint density at radius 3 is 2.39 bits per heavy atom. The quantitative estimate of drug-likeness (QED) is 0.326. The Hall–Kier alpha value is -3.22. The van der Waals surface area contributed by atoms with Crippen LogP contribution >= 0.6 is 0 Å². The number of aryl methyl sites for hydroxylation is 1. The van der Waals surface area contributed by atoms with Crippen molar-refractivity contribution in [3.8, 4) is 23.0 Å². The number of rotatable bonds is 5. The number of hydrogen-bond acceptors (Lipinski definition) is 6. The van der Waals surface area contributed by atoms with Gasteiger partial charge in [-0.3, -0.25) is 4.79 Å². The third kappa shape index (κ3) is 4.37. The maximum Gasteiger partial charge on any atom is 0.240 e. The smallest absolute Gasteiger partial charge is 0.240 e. The summed E-state index contributed by atoms with van der Waals surface area (Å²) in [6.45, 7) is 0. The van der Waals surface area contributed by atoms with Gasteiger partial charge in [-0.1, -0.05) is 12.1 Å². The van der Waals surface area contributed by atoms with Crippen molar-refractivity contribution >= 4 is 12.1 Å². The number of phenols is 4. The number of nitrogens with one attached hydrogen (secondary N) is 1. The Bertz CT molecular complexity index is 726. The van der Waals surface area contributed by atoms with Gasteiger partial charge in [-0.25, -0.2) is 5.43 Å². The van der Waals surface area contributed by atoms with E-state index < -0.39 is 17.2 Å². The van der Waals surface area contributed by atoms with Crippen LogP contribution in [0.4, 0.5) is 0 Å². The predicted octanol–water partition coefficient (Wildman–Crippen LogP) is 1.59. The Morgan fingerprint density at radius 2 is 1.70 bits per heavy atom. The van der Waals surface area contributed by atoms with Crippen molar-refractivity contribution in [3.05, 3.63) is 47.5 Å². The lowest BCUT2D eigenvalue weighted by Gasteiger charge is -2.04. The molecule has 0 bridgehead atoms.